The van der Waals surface area contributed by atoms with E-state index in [9.17, 15) is 5.11 Å². The van der Waals surface area contributed by atoms with Gasteiger partial charge in [0.05, 0.1) is 24.2 Å². The van der Waals surface area contributed by atoms with Crippen LogP contribution in [0.1, 0.15) is 25.7 Å². The Balaban J connectivity index is 1.98. The van der Waals surface area contributed by atoms with E-state index in [1.807, 2.05) is 6.07 Å². The number of anilines is 2. The maximum atomic E-state index is 9.48. The largest absolute Gasteiger partial charge is 0.396 e. The molecule has 88 valence electrons. The summed E-state index contributed by atoms with van der Waals surface area (Å²) in [6, 6.07) is 1.87. The van der Waals surface area contributed by atoms with Crippen molar-refractivity contribution in [3.05, 3.63) is 18.5 Å². The molecule has 0 saturated heterocycles. The number of nitrogens with one attached hydrogen (secondary N) is 1. The zero-order chi connectivity index (χ0) is 11.4. The molecule has 1 aromatic rings. The Hall–Kier alpha value is -1.29. The van der Waals surface area contributed by atoms with Gasteiger partial charge in [-0.15, -0.1) is 0 Å². The van der Waals surface area contributed by atoms with Crippen LogP contribution in [0.4, 0.5) is 11.4 Å². The lowest BCUT2D eigenvalue weighted by Crippen LogP contribution is -2.30. The highest BCUT2D eigenvalue weighted by atomic mass is 16.3. The normalized spacial score (nSPS) is 18.6. The first-order valence-corrected chi connectivity index (χ1v) is 5.80. The molecule has 0 unspecified atom stereocenters. The fourth-order valence-corrected chi connectivity index (χ4v) is 2.37. The van der Waals surface area contributed by atoms with E-state index in [0.29, 0.717) is 5.69 Å². The molecule has 0 radical (unpaired) electrons. The van der Waals surface area contributed by atoms with Gasteiger partial charge in [0.15, 0.2) is 0 Å². The van der Waals surface area contributed by atoms with E-state index in [-0.39, 0.29) is 12.0 Å². The van der Waals surface area contributed by atoms with Crippen LogP contribution in [-0.4, -0.2) is 23.2 Å². The fraction of sp³-hybridized carbons (Fsp3) is 0.583. The zero-order valence-electron chi connectivity index (χ0n) is 9.45. The number of nitrogens with two attached hydrogens (primary N) is 1. The van der Waals surface area contributed by atoms with Crippen LogP contribution in [0, 0.1) is 5.41 Å². The minimum Gasteiger partial charge on any atom is -0.396 e. The number of nitrogen functional groups attached to an aromatic ring is 1. The predicted molar refractivity (Wildman–Crippen MR) is 65.1 cm³/mol. The molecule has 1 fully saturated rings. The molecule has 4 heteroatoms. The van der Waals surface area contributed by atoms with Gasteiger partial charge in [0.1, 0.15) is 0 Å². The van der Waals surface area contributed by atoms with Gasteiger partial charge >= 0.3 is 0 Å². The Morgan fingerprint density at radius 2 is 2.19 bits per heavy atom. The lowest BCUT2D eigenvalue weighted by Gasteiger charge is -2.27. The molecule has 1 aliphatic carbocycles. The van der Waals surface area contributed by atoms with Crippen LogP contribution < -0.4 is 11.1 Å². The van der Waals surface area contributed by atoms with E-state index in [1.165, 1.54) is 12.8 Å². The maximum Gasteiger partial charge on any atom is 0.0736 e. The molecule has 1 aliphatic rings. The number of rotatable bonds is 4. The van der Waals surface area contributed by atoms with Crippen LogP contribution in [0.3, 0.4) is 0 Å². The van der Waals surface area contributed by atoms with Crippen LogP contribution >= 0.6 is 0 Å². The molecule has 4 N–H and O–H groups in total. The molecule has 0 aromatic carbocycles. The first kappa shape index (κ1) is 11.2. The highest BCUT2D eigenvalue weighted by molar-refractivity contribution is 5.64. The summed E-state index contributed by atoms with van der Waals surface area (Å²) >= 11 is 0. The Morgan fingerprint density at radius 3 is 2.81 bits per heavy atom. The third kappa shape index (κ3) is 2.27. The minimum atomic E-state index is 0.0513. The SMILES string of the molecule is Nc1cnccc1NCC1(CO)CCCC1. The second kappa shape index (κ2) is 4.70. The molecular weight excluding hydrogens is 202 g/mol. The van der Waals surface area contributed by atoms with E-state index in [4.69, 9.17) is 5.73 Å². The van der Waals surface area contributed by atoms with Gasteiger partial charge in [-0.1, -0.05) is 12.8 Å². The lowest BCUT2D eigenvalue weighted by molar-refractivity contribution is 0.142. The topological polar surface area (TPSA) is 71.2 Å². The first-order chi connectivity index (χ1) is 7.76. The summed E-state index contributed by atoms with van der Waals surface area (Å²) in [5.41, 5.74) is 7.43. The third-order valence-corrected chi connectivity index (χ3v) is 3.51. The quantitative estimate of drug-likeness (QED) is 0.722. The van der Waals surface area contributed by atoms with Crippen LogP contribution in [-0.2, 0) is 0 Å². The summed E-state index contributed by atoms with van der Waals surface area (Å²) in [7, 11) is 0. The number of aromatic nitrogens is 1. The van der Waals surface area contributed by atoms with Gasteiger partial charge in [-0.25, -0.2) is 0 Å². The Bertz CT molecular complexity index is 348. The van der Waals surface area contributed by atoms with Crippen LogP contribution in [0.15, 0.2) is 18.5 Å². The van der Waals surface area contributed by atoms with Crippen molar-refractivity contribution in [3.8, 4) is 0 Å². The van der Waals surface area contributed by atoms with Crippen LogP contribution in [0.5, 0.6) is 0 Å². The van der Waals surface area contributed by atoms with Crippen LogP contribution in [0.2, 0.25) is 0 Å². The Kier molecular flexibility index (Phi) is 3.29. The Morgan fingerprint density at radius 1 is 1.44 bits per heavy atom. The highest BCUT2D eigenvalue weighted by Gasteiger charge is 2.32. The molecule has 1 aromatic heterocycles. The summed E-state index contributed by atoms with van der Waals surface area (Å²) in [4.78, 5) is 3.95. The minimum absolute atomic E-state index is 0.0513. The van der Waals surface area contributed by atoms with Gasteiger partial charge in [0, 0.05) is 18.2 Å². The van der Waals surface area contributed by atoms with Crippen molar-refractivity contribution in [1.82, 2.24) is 4.98 Å². The Labute approximate surface area is 95.9 Å². The number of nitrogens with zero attached hydrogens (tertiary/aromatic N) is 1. The lowest BCUT2D eigenvalue weighted by atomic mass is 9.87. The van der Waals surface area contributed by atoms with Crippen molar-refractivity contribution >= 4 is 11.4 Å². The molecule has 0 amide bonds. The van der Waals surface area contributed by atoms with Gasteiger partial charge in [-0.2, -0.15) is 0 Å². The van der Waals surface area contributed by atoms with Gasteiger partial charge < -0.3 is 16.2 Å². The van der Waals surface area contributed by atoms with E-state index in [1.54, 1.807) is 12.4 Å². The molecule has 0 bridgehead atoms. The van der Waals surface area contributed by atoms with Crippen molar-refractivity contribution in [3.63, 3.8) is 0 Å². The van der Waals surface area contributed by atoms with Gasteiger partial charge in [0.2, 0.25) is 0 Å². The average molecular weight is 221 g/mol. The molecule has 1 heterocycles. The first-order valence-electron chi connectivity index (χ1n) is 5.80. The van der Waals surface area contributed by atoms with E-state index >= 15 is 0 Å². The van der Waals surface area contributed by atoms with E-state index < -0.39 is 0 Å². The standard InChI is InChI=1S/C12H19N3O/c13-10-7-14-6-3-11(10)15-8-12(9-16)4-1-2-5-12/h3,6-7,16H,1-2,4-5,8-9,13H2,(H,14,15). The molecule has 16 heavy (non-hydrogen) atoms. The van der Waals surface area contributed by atoms with Gasteiger partial charge in [0.25, 0.3) is 0 Å². The molecule has 0 atom stereocenters. The summed E-state index contributed by atoms with van der Waals surface area (Å²) in [6.45, 7) is 1.04. The molecule has 2 rings (SSSR count). The number of aliphatic hydroxyl groups excluding tert-OH is 1. The zero-order valence-corrected chi connectivity index (χ0v) is 9.45. The molecule has 1 saturated carbocycles. The summed E-state index contributed by atoms with van der Waals surface area (Å²) < 4.78 is 0. The number of hydrogen-bond acceptors (Lipinski definition) is 4. The summed E-state index contributed by atoms with van der Waals surface area (Å²) in [6.07, 6.45) is 7.99. The second-order valence-corrected chi connectivity index (χ2v) is 4.68. The van der Waals surface area contributed by atoms with Crippen molar-refractivity contribution in [2.24, 2.45) is 5.41 Å². The number of aliphatic hydroxyl groups is 1. The molecule has 0 spiro atoms. The predicted octanol–water partition coefficient (Wildman–Crippen LogP) is 1.63. The fourth-order valence-electron chi connectivity index (χ4n) is 2.37. The van der Waals surface area contributed by atoms with E-state index in [0.717, 1.165) is 25.1 Å². The molecule has 0 aliphatic heterocycles. The number of pyridine rings is 1. The van der Waals surface area contributed by atoms with Crippen molar-refractivity contribution in [2.75, 3.05) is 24.2 Å². The van der Waals surface area contributed by atoms with Crippen molar-refractivity contribution in [1.29, 1.82) is 0 Å². The number of hydrogen-bond donors (Lipinski definition) is 3. The average Bonchev–Trinajstić information content (AvgIpc) is 2.78. The summed E-state index contributed by atoms with van der Waals surface area (Å²) in [5, 5.41) is 12.8. The highest BCUT2D eigenvalue weighted by Crippen LogP contribution is 2.37. The van der Waals surface area contributed by atoms with Gasteiger partial charge in [-0.3, -0.25) is 4.98 Å². The summed E-state index contributed by atoms with van der Waals surface area (Å²) in [5.74, 6) is 0. The monoisotopic (exact) mass is 221 g/mol. The van der Waals surface area contributed by atoms with E-state index in [2.05, 4.69) is 10.3 Å². The third-order valence-electron chi connectivity index (χ3n) is 3.51. The molecular formula is C12H19N3O. The van der Waals surface area contributed by atoms with Crippen molar-refractivity contribution < 1.29 is 5.11 Å². The second-order valence-electron chi connectivity index (χ2n) is 4.68. The smallest absolute Gasteiger partial charge is 0.0736 e. The van der Waals surface area contributed by atoms with Crippen LogP contribution in [0.25, 0.3) is 0 Å². The maximum absolute atomic E-state index is 9.48. The molecule has 4 nitrogen and oxygen atoms in total. The van der Waals surface area contributed by atoms with Crippen molar-refractivity contribution in [2.45, 2.75) is 25.7 Å². The van der Waals surface area contributed by atoms with Gasteiger partial charge in [-0.05, 0) is 18.9 Å².